The van der Waals surface area contributed by atoms with Crippen LogP contribution in [0.15, 0.2) is 24.3 Å². The van der Waals surface area contributed by atoms with Crippen LogP contribution < -0.4 is 5.73 Å². The van der Waals surface area contributed by atoms with Crippen molar-refractivity contribution in [1.82, 2.24) is 9.55 Å². The Balaban J connectivity index is 2.58. The van der Waals surface area contributed by atoms with Gasteiger partial charge in [0.15, 0.2) is 5.69 Å². The standard InChI is InChI=1S/C16H21N3O2/c1-5-21-16(20)14-15(17)19(11(4)18-14)13-9-7-6-8-12(13)10(2)3/h6-10H,5,17H2,1-4H3. The number of hydrogen-bond acceptors (Lipinski definition) is 4. The Morgan fingerprint density at radius 2 is 2.05 bits per heavy atom. The van der Waals surface area contributed by atoms with Crippen molar-refractivity contribution < 1.29 is 9.53 Å². The number of aryl methyl sites for hydroxylation is 1. The number of carbonyl (C=O) groups excluding carboxylic acids is 1. The van der Waals surface area contributed by atoms with Crippen LogP contribution in [0.4, 0.5) is 5.82 Å². The molecule has 112 valence electrons. The summed E-state index contributed by atoms with van der Waals surface area (Å²) in [5.74, 6) is 0.843. The highest BCUT2D eigenvalue weighted by Crippen LogP contribution is 2.28. The maximum Gasteiger partial charge on any atom is 0.360 e. The molecule has 0 amide bonds. The molecule has 0 saturated carbocycles. The van der Waals surface area contributed by atoms with Gasteiger partial charge in [0, 0.05) is 0 Å². The topological polar surface area (TPSA) is 70.1 Å². The van der Waals surface area contributed by atoms with Crippen LogP contribution in [0.3, 0.4) is 0 Å². The highest BCUT2D eigenvalue weighted by molar-refractivity contribution is 5.92. The van der Waals surface area contributed by atoms with E-state index in [0.29, 0.717) is 24.2 Å². The number of para-hydroxylation sites is 1. The van der Waals surface area contributed by atoms with E-state index >= 15 is 0 Å². The monoisotopic (exact) mass is 287 g/mol. The second-order valence-corrected chi connectivity index (χ2v) is 5.16. The molecule has 0 saturated heterocycles. The fraction of sp³-hybridized carbons (Fsp3) is 0.375. The average molecular weight is 287 g/mol. The van der Waals surface area contributed by atoms with Crippen molar-refractivity contribution in [3.8, 4) is 5.69 Å². The zero-order valence-electron chi connectivity index (χ0n) is 12.9. The second-order valence-electron chi connectivity index (χ2n) is 5.16. The smallest absolute Gasteiger partial charge is 0.360 e. The summed E-state index contributed by atoms with van der Waals surface area (Å²) in [4.78, 5) is 16.2. The van der Waals surface area contributed by atoms with Crippen LogP contribution in [-0.4, -0.2) is 22.1 Å². The molecule has 2 N–H and O–H groups in total. The molecule has 2 aromatic rings. The number of nitrogens with zero attached hydrogens (tertiary/aromatic N) is 2. The van der Waals surface area contributed by atoms with Crippen LogP contribution in [-0.2, 0) is 4.74 Å². The van der Waals surface area contributed by atoms with Crippen LogP contribution >= 0.6 is 0 Å². The number of hydrogen-bond donors (Lipinski definition) is 1. The SMILES string of the molecule is CCOC(=O)c1nc(C)n(-c2ccccc2C(C)C)c1N. The average Bonchev–Trinajstić information content (AvgIpc) is 2.74. The van der Waals surface area contributed by atoms with Gasteiger partial charge >= 0.3 is 5.97 Å². The first-order chi connectivity index (χ1) is 9.97. The number of carbonyl (C=O) groups is 1. The molecule has 0 aliphatic carbocycles. The Bertz CT molecular complexity index is 660. The molecular weight excluding hydrogens is 266 g/mol. The molecule has 0 fully saturated rings. The quantitative estimate of drug-likeness (QED) is 0.877. The summed E-state index contributed by atoms with van der Waals surface area (Å²) in [6.07, 6.45) is 0. The van der Waals surface area contributed by atoms with E-state index in [9.17, 15) is 4.79 Å². The maximum absolute atomic E-state index is 11.9. The predicted octanol–water partition coefficient (Wildman–Crippen LogP) is 3.06. The number of aromatic nitrogens is 2. The van der Waals surface area contributed by atoms with E-state index in [1.807, 2.05) is 29.7 Å². The van der Waals surface area contributed by atoms with Gasteiger partial charge in [0.1, 0.15) is 11.6 Å². The number of benzene rings is 1. The van der Waals surface area contributed by atoms with Crippen molar-refractivity contribution in [2.24, 2.45) is 0 Å². The number of ether oxygens (including phenoxy) is 1. The van der Waals surface area contributed by atoms with Crippen LogP contribution in [0.2, 0.25) is 0 Å². The van der Waals surface area contributed by atoms with E-state index in [1.165, 1.54) is 0 Å². The molecule has 21 heavy (non-hydrogen) atoms. The third kappa shape index (κ3) is 2.77. The molecule has 0 aliphatic heterocycles. The van der Waals surface area contributed by atoms with Crippen molar-refractivity contribution in [2.45, 2.75) is 33.6 Å². The lowest BCUT2D eigenvalue weighted by molar-refractivity contribution is 0.0521. The fourth-order valence-electron chi connectivity index (χ4n) is 2.38. The van der Waals surface area contributed by atoms with Crippen LogP contribution in [0.1, 0.15) is 48.6 Å². The number of imidazole rings is 1. The van der Waals surface area contributed by atoms with Crippen LogP contribution in [0, 0.1) is 6.92 Å². The molecule has 0 atom stereocenters. The first kappa shape index (κ1) is 15.1. The molecule has 0 radical (unpaired) electrons. The van der Waals surface area contributed by atoms with Gasteiger partial charge in [-0.1, -0.05) is 32.0 Å². The van der Waals surface area contributed by atoms with Crippen molar-refractivity contribution in [3.63, 3.8) is 0 Å². The summed E-state index contributed by atoms with van der Waals surface area (Å²) in [5.41, 5.74) is 8.41. The Morgan fingerprint density at radius 3 is 2.67 bits per heavy atom. The van der Waals surface area contributed by atoms with Crippen LogP contribution in [0.25, 0.3) is 5.69 Å². The number of rotatable bonds is 4. The lowest BCUT2D eigenvalue weighted by Gasteiger charge is -2.15. The van der Waals surface area contributed by atoms with Crippen molar-refractivity contribution in [3.05, 3.63) is 41.3 Å². The zero-order valence-corrected chi connectivity index (χ0v) is 12.9. The summed E-state index contributed by atoms with van der Waals surface area (Å²) >= 11 is 0. The minimum absolute atomic E-state index is 0.174. The van der Waals surface area contributed by atoms with Crippen molar-refractivity contribution in [2.75, 3.05) is 12.3 Å². The van der Waals surface area contributed by atoms with Gasteiger partial charge in [0.05, 0.1) is 12.3 Å². The van der Waals surface area contributed by atoms with E-state index in [2.05, 4.69) is 24.9 Å². The first-order valence-electron chi connectivity index (χ1n) is 7.08. The molecule has 0 bridgehead atoms. The molecule has 0 unspecified atom stereocenters. The van der Waals surface area contributed by atoms with Gasteiger partial charge in [-0.3, -0.25) is 4.57 Å². The third-order valence-corrected chi connectivity index (χ3v) is 3.35. The van der Waals surface area contributed by atoms with Gasteiger partial charge in [-0.2, -0.15) is 0 Å². The Hall–Kier alpha value is -2.30. The highest BCUT2D eigenvalue weighted by atomic mass is 16.5. The summed E-state index contributed by atoms with van der Waals surface area (Å²) in [6.45, 7) is 8.12. The summed E-state index contributed by atoms with van der Waals surface area (Å²) in [7, 11) is 0. The molecule has 5 heteroatoms. The van der Waals surface area contributed by atoms with E-state index in [1.54, 1.807) is 6.92 Å². The highest BCUT2D eigenvalue weighted by Gasteiger charge is 2.22. The van der Waals surface area contributed by atoms with E-state index in [0.717, 1.165) is 11.3 Å². The summed E-state index contributed by atoms with van der Waals surface area (Å²) in [6, 6.07) is 7.98. The maximum atomic E-state index is 11.9. The molecule has 0 aliphatic rings. The van der Waals surface area contributed by atoms with Gasteiger partial charge in [0.25, 0.3) is 0 Å². The van der Waals surface area contributed by atoms with Gasteiger partial charge < -0.3 is 10.5 Å². The largest absolute Gasteiger partial charge is 0.461 e. The fourth-order valence-corrected chi connectivity index (χ4v) is 2.38. The van der Waals surface area contributed by atoms with E-state index in [4.69, 9.17) is 10.5 Å². The minimum atomic E-state index is -0.487. The Morgan fingerprint density at radius 1 is 1.38 bits per heavy atom. The molecule has 0 spiro atoms. The van der Waals surface area contributed by atoms with Crippen LogP contribution in [0.5, 0.6) is 0 Å². The third-order valence-electron chi connectivity index (χ3n) is 3.35. The number of esters is 1. The van der Waals surface area contributed by atoms with Gasteiger partial charge in [-0.05, 0) is 31.4 Å². The van der Waals surface area contributed by atoms with E-state index < -0.39 is 5.97 Å². The van der Waals surface area contributed by atoms with Gasteiger partial charge in [0.2, 0.25) is 0 Å². The second kappa shape index (κ2) is 5.99. The predicted molar refractivity (Wildman–Crippen MR) is 82.8 cm³/mol. The minimum Gasteiger partial charge on any atom is -0.461 e. The molecule has 1 aromatic carbocycles. The lowest BCUT2D eigenvalue weighted by atomic mass is 10.0. The number of nitrogens with two attached hydrogens (primary N) is 1. The van der Waals surface area contributed by atoms with Gasteiger partial charge in [-0.15, -0.1) is 0 Å². The Kier molecular flexibility index (Phi) is 4.31. The molecule has 5 nitrogen and oxygen atoms in total. The summed E-state index contributed by atoms with van der Waals surface area (Å²) in [5, 5.41) is 0. The molecular formula is C16H21N3O2. The Labute approximate surface area is 124 Å². The number of nitrogen functional groups attached to an aromatic ring is 1. The van der Waals surface area contributed by atoms with E-state index in [-0.39, 0.29) is 5.69 Å². The first-order valence-corrected chi connectivity index (χ1v) is 7.08. The lowest BCUT2D eigenvalue weighted by Crippen LogP contribution is -2.10. The van der Waals surface area contributed by atoms with Crippen molar-refractivity contribution in [1.29, 1.82) is 0 Å². The molecule has 1 heterocycles. The molecule has 2 rings (SSSR count). The number of anilines is 1. The normalized spacial score (nSPS) is 10.9. The zero-order chi connectivity index (χ0) is 15.6. The molecule has 1 aromatic heterocycles. The summed E-state index contributed by atoms with van der Waals surface area (Å²) < 4.78 is 6.80. The van der Waals surface area contributed by atoms with Gasteiger partial charge in [-0.25, -0.2) is 9.78 Å². The van der Waals surface area contributed by atoms with Crippen molar-refractivity contribution >= 4 is 11.8 Å².